The first-order valence-corrected chi connectivity index (χ1v) is 5.16. The zero-order chi connectivity index (χ0) is 10.2. The lowest BCUT2D eigenvalue weighted by atomic mass is 10.1. The Morgan fingerprint density at radius 1 is 1.54 bits per heavy atom. The van der Waals surface area contributed by atoms with E-state index < -0.39 is 5.97 Å². The predicted octanol–water partition coefficient (Wildman–Crippen LogP) is 3.60. The molecule has 13 heavy (non-hydrogen) atoms. The highest BCUT2D eigenvalue weighted by Gasteiger charge is 2.17. The molecule has 0 spiro atoms. The molecule has 0 fully saturated rings. The number of carbonyl (C=O) groups is 1. The van der Waals surface area contributed by atoms with E-state index in [0.29, 0.717) is 0 Å². The molecular weight excluding hydrogens is 326 g/mol. The Kier molecular flexibility index (Phi) is 3.43. The maximum Gasteiger partial charge on any atom is 0.338 e. The van der Waals surface area contributed by atoms with Gasteiger partial charge in [0.05, 0.1) is 15.6 Å². The summed E-state index contributed by atoms with van der Waals surface area (Å²) in [4.78, 5) is 10.7. The molecule has 0 amide bonds. The number of hydrogen-bond acceptors (Lipinski definition) is 1. The van der Waals surface area contributed by atoms with Gasteiger partial charge in [-0.15, -0.1) is 0 Å². The van der Waals surface area contributed by atoms with Crippen LogP contribution in [0, 0.1) is 10.5 Å². The molecule has 5 heteroatoms. The Balaban J connectivity index is 3.53. The van der Waals surface area contributed by atoms with Crippen LogP contribution in [-0.4, -0.2) is 11.1 Å². The molecule has 70 valence electrons. The van der Waals surface area contributed by atoms with Gasteiger partial charge in [-0.25, -0.2) is 4.79 Å². The fraction of sp³-hybridized carbons (Fsp3) is 0.125. The molecule has 0 saturated heterocycles. The van der Waals surface area contributed by atoms with E-state index in [0.717, 1.165) is 9.13 Å². The van der Waals surface area contributed by atoms with E-state index in [1.165, 1.54) is 0 Å². The summed E-state index contributed by atoms with van der Waals surface area (Å²) in [6.45, 7) is 1.76. The van der Waals surface area contributed by atoms with Crippen LogP contribution in [0.25, 0.3) is 0 Å². The molecule has 0 heterocycles. The summed E-state index contributed by atoms with van der Waals surface area (Å²) in [5, 5.41) is 9.18. The van der Waals surface area contributed by atoms with Crippen LogP contribution in [0.1, 0.15) is 15.9 Å². The quantitative estimate of drug-likeness (QED) is 0.799. The van der Waals surface area contributed by atoms with Crippen LogP contribution in [0.4, 0.5) is 0 Å². The molecule has 0 aliphatic heterocycles. The predicted molar refractivity (Wildman–Crippen MR) is 60.9 cm³/mol. The minimum atomic E-state index is -1.10. The molecule has 1 aromatic carbocycles. The molecule has 0 aliphatic rings. The number of carboxylic acid groups (broad SMARTS) is 1. The van der Waals surface area contributed by atoms with Crippen LogP contribution in [0.5, 0.6) is 0 Å². The summed E-state index contributed by atoms with van der Waals surface area (Å²) < 4.78 is 0.859. The summed E-state index contributed by atoms with van der Waals surface area (Å²) in [5.74, 6) is -1.10. The average molecular weight is 331 g/mol. The van der Waals surface area contributed by atoms with Crippen molar-refractivity contribution in [3.63, 3.8) is 0 Å². The molecule has 0 unspecified atom stereocenters. The maximum absolute atomic E-state index is 10.7. The molecule has 2 nitrogen and oxygen atoms in total. The first kappa shape index (κ1) is 11.1. The topological polar surface area (TPSA) is 37.3 Å². The second-order valence-electron chi connectivity index (χ2n) is 2.46. The van der Waals surface area contributed by atoms with Gasteiger partial charge in [0.2, 0.25) is 0 Å². The van der Waals surface area contributed by atoms with Gasteiger partial charge in [-0.1, -0.05) is 23.2 Å². The molecule has 0 aromatic heterocycles. The van der Waals surface area contributed by atoms with Gasteiger partial charge in [0.1, 0.15) is 0 Å². The number of benzene rings is 1. The SMILES string of the molecule is Cc1c(I)cc(Cl)c(C(=O)O)c1Cl. The Morgan fingerprint density at radius 3 is 2.54 bits per heavy atom. The third kappa shape index (κ3) is 2.08. The molecular formula is C8H5Cl2IO2. The van der Waals surface area contributed by atoms with Crippen molar-refractivity contribution in [1.29, 1.82) is 0 Å². The Labute approximate surface area is 99.0 Å². The number of carboxylic acids is 1. The summed E-state index contributed by atoms with van der Waals surface area (Å²) in [7, 11) is 0. The van der Waals surface area contributed by atoms with Gasteiger partial charge in [0.25, 0.3) is 0 Å². The summed E-state index contributed by atoms with van der Waals surface area (Å²) in [5.41, 5.74) is 0.713. The average Bonchev–Trinajstić information content (AvgIpc) is 1.99. The highest BCUT2D eigenvalue weighted by Crippen LogP contribution is 2.31. The van der Waals surface area contributed by atoms with Crippen molar-refractivity contribution in [3.05, 3.63) is 30.8 Å². The van der Waals surface area contributed by atoms with E-state index >= 15 is 0 Å². The summed E-state index contributed by atoms with van der Waals surface area (Å²) in [6.07, 6.45) is 0. The lowest BCUT2D eigenvalue weighted by Crippen LogP contribution is -2.01. The zero-order valence-corrected chi connectivity index (χ0v) is 10.2. The van der Waals surface area contributed by atoms with E-state index in [1.807, 2.05) is 0 Å². The van der Waals surface area contributed by atoms with E-state index in [-0.39, 0.29) is 15.6 Å². The van der Waals surface area contributed by atoms with Crippen molar-refractivity contribution in [2.24, 2.45) is 0 Å². The van der Waals surface area contributed by atoms with Gasteiger partial charge in [-0.3, -0.25) is 0 Å². The Morgan fingerprint density at radius 2 is 2.08 bits per heavy atom. The third-order valence-electron chi connectivity index (χ3n) is 1.61. The van der Waals surface area contributed by atoms with Crippen molar-refractivity contribution in [1.82, 2.24) is 0 Å². The van der Waals surface area contributed by atoms with E-state index in [1.54, 1.807) is 13.0 Å². The van der Waals surface area contributed by atoms with E-state index in [4.69, 9.17) is 28.3 Å². The summed E-state index contributed by atoms with van der Waals surface area (Å²) >= 11 is 13.6. The van der Waals surface area contributed by atoms with Gasteiger partial charge in [0.15, 0.2) is 0 Å². The van der Waals surface area contributed by atoms with Gasteiger partial charge in [-0.05, 0) is 41.1 Å². The Bertz CT molecular complexity index is 377. The number of rotatable bonds is 1. The van der Waals surface area contributed by atoms with Crippen LogP contribution in [-0.2, 0) is 0 Å². The van der Waals surface area contributed by atoms with Gasteiger partial charge >= 0.3 is 5.97 Å². The van der Waals surface area contributed by atoms with Crippen LogP contribution in [0.3, 0.4) is 0 Å². The van der Waals surface area contributed by atoms with Crippen molar-refractivity contribution in [2.75, 3.05) is 0 Å². The second kappa shape index (κ2) is 4.02. The van der Waals surface area contributed by atoms with Gasteiger partial charge in [0, 0.05) is 3.57 Å². The lowest BCUT2D eigenvalue weighted by molar-refractivity contribution is 0.0697. The number of aromatic carboxylic acids is 1. The minimum Gasteiger partial charge on any atom is -0.478 e. The third-order valence-corrected chi connectivity index (χ3v) is 3.50. The van der Waals surface area contributed by atoms with Crippen LogP contribution in [0.2, 0.25) is 10.0 Å². The molecule has 1 rings (SSSR count). The first-order valence-electron chi connectivity index (χ1n) is 3.32. The van der Waals surface area contributed by atoms with Crippen molar-refractivity contribution in [2.45, 2.75) is 6.92 Å². The molecule has 0 saturated carbocycles. The standard InChI is InChI=1S/C8H5Cl2IO2/c1-3-5(11)2-4(9)6(7(3)10)8(12)13/h2H,1H3,(H,12,13). The highest BCUT2D eigenvalue weighted by atomic mass is 127. The fourth-order valence-corrected chi connectivity index (χ4v) is 2.43. The molecule has 1 aromatic rings. The lowest BCUT2D eigenvalue weighted by Gasteiger charge is -2.06. The normalized spacial score (nSPS) is 10.2. The fourth-order valence-electron chi connectivity index (χ4n) is 0.885. The Hall–Kier alpha value is -0.000000000000000111. The monoisotopic (exact) mass is 330 g/mol. The molecule has 0 aliphatic carbocycles. The maximum atomic E-state index is 10.7. The van der Waals surface area contributed by atoms with Crippen molar-refractivity contribution < 1.29 is 9.90 Å². The molecule has 0 bridgehead atoms. The van der Waals surface area contributed by atoms with Crippen molar-refractivity contribution in [3.8, 4) is 0 Å². The van der Waals surface area contributed by atoms with Crippen LogP contribution < -0.4 is 0 Å². The second-order valence-corrected chi connectivity index (χ2v) is 4.41. The van der Waals surface area contributed by atoms with Crippen LogP contribution >= 0.6 is 45.8 Å². The largest absolute Gasteiger partial charge is 0.478 e. The molecule has 1 N–H and O–H groups in total. The van der Waals surface area contributed by atoms with E-state index in [2.05, 4.69) is 22.6 Å². The number of hydrogen-bond donors (Lipinski definition) is 1. The smallest absolute Gasteiger partial charge is 0.338 e. The van der Waals surface area contributed by atoms with Gasteiger partial charge in [-0.2, -0.15) is 0 Å². The molecule has 0 radical (unpaired) electrons. The molecule has 0 atom stereocenters. The zero-order valence-electron chi connectivity index (χ0n) is 6.57. The first-order chi connectivity index (χ1) is 5.95. The minimum absolute atomic E-state index is 0.0266. The highest BCUT2D eigenvalue weighted by molar-refractivity contribution is 14.1. The summed E-state index contributed by atoms with van der Waals surface area (Å²) in [6, 6.07) is 1.59. The number of halogens is 3. The van der Waals surface area contributed by atoms with E-state index in [9.17, 15) is 4.79 Å². The van der Waals surface area contributed by atoms with Crippen molar-refractivity contribution >= 4 is 51.8 Å². The van der Waals surface area contributed by atoms with Gasteiger partial charge < -0.3 is 5.11 Å². The van der Waals surface area contributed by atoms with Crippen LogP contribution in [0.15, 0.2) is 6.07 Å².